The minimum Gasteiger partial charge on any atom is -0.335 e. The maximum Gasteiger partial charge on any atom is 0.210 e. The van der Waals surface area contributed by atoms with Gasteiger partial charge in [-0.05, 0) is 25.5 Å². The molecular weight excluding hydrogens is 284 g/mol. The van der Waals surface area contributed by atoms with Gasteiger partial charge in [0.05, 0.1) is 0 Å². The van der Waals surface area contributed by atoms with E-state index in [1.54, 1.807) is 11.8 Å². The SMILES string of the molecule is Cc1ccc(CSc2nnc(-c3cc(C)[nH]n3)n2N)cc1. The highest BCUT2D eigenvalue weighted by Gasteiger charge is 2.14. The largest absolute Gasteiger partial charge is 0.335 e. The molecule has 3 N–H and O–H groups in total. The second-order valence-corrected chi connectivity index (χ2v) is 5.83. The summed E-state index contributed by atoms with van der Waals surface area (Å²) in [5.74, 6) is 7.41. The van der Waals surface area contributed by atoms with E-state index in [2.05, 4.69) is 51.6 Å². The van der Waals surface area contributed by atoms with Gasteiger partial charge in [0.1, 0.15) is 5.69 Å². The Balaban J connectivity index is 1.75. The predicted octanol–water partition coefficient (Wildman–Crippen LogP) is 2.29. The van der Waals surface area contributed by atoms with Gasteiger partial charge in [-0.15, -0.1) is 10.2 Å². The predicted molar refractivity (Wildman–Crippen MR) is 83.2 cm³/mol. The molecular formula is C14H16N6S. The molecule has 0 aliphatic carbocycles. The van der Waals surface area contributed by atoms with E-state index in [9.17, 15) is 0 Å². The van der Waals surface area contributed by atoms with E-state index in [1.807, 2.05) is 13.0 Å². The monoisotopic (exact) mass is 300 g/mol. The van der Waals surface area contributed by atoms with Gasteiger partial charge in [-0.2, -0.15) is 5.10 Å². The van der Waals surface area contributed by atoms with Crippen molar-refractivity contribution in [3.05, 3.63) is 47.2 Å². The number of thioether (sulfide) groups is 1. The van der Waals surface area contributed by atoms with E-state index in [4.69, 9.17) is 5.84 Å². The molecule has 0 amide bonds. The van der Waals surface area contributed by atoms with Crippen LogP contribution >= 0.6 is 11.8 Å². The van der Waals surface area contributed by atoms with Crippen LogP contribution in [0.5, 0.6) is 0 Å². The molecule has 0 atom stereocenters. The summed E-state index contributed by atoms with van der Waals surface area (Å²) in [6, 6.07) is 10.3. The fourth-order valence-electron chi connectivity index (χ4n) is 1.91. The molecule has 0 unspecified atom stereocenters. The summed E-state index contributed by atoms with van der Waals surface area (Å²) in [4.78, 5) is 0. The number of hydrogen-bond donors (Lipinski definition) is 2. The van der Waals surface area contributed by atoms with Crippen molar-refractivity contribution in [1.82, 2.24) is 25.1 Å². The molecule has 2 aromatic heterocycles. The van der Waals surface area contributed by atoms with Crippen LogP contribution in [0.3, 0.4) is 0 Å². The maximum atomic E-state index is 6.05. The zero-order valence-corrected chi connectivity index (χ0v) is 12.7. The van der Waals surface area contributed by atoms with Crippen LogP contribution in [0.15, 0.2) is 35.5 Å². The van der Waals surface area contributed by atoms with Crippen LogP contribution in [0.2, 0.25) is 0 Å². The van der Waals surface area contributed by atoms with Crippen molar-refractivity contribution in [2.24, 2.45) is 0 Å². The van der Waals surface area contributed by atoms with Crippen LogP contribution in [-0.2, 0) is 5.75 Å². The Bertz CT molecular complexity index is 743. The minimum atomic E-state index is 0.561. The average Bonchev–Trinajstić information content (AvgIpc) is 3.05. The molecule has 1 aromatic carbocycles. The quantitative estimate of drug-likeness (QED) is 0.570. The fraction of sp³-hybridized carbons (Fsp3) is 0.214. The molecule has 0 aliphatic heterocycles. The third-order valence-electron chi connectivity index (χ3n) is 3.09. The number of rotatable bonds is 4. The number of aromatic nitrogens is 5. The first kappa shape index (κ1) is 13.7. The van der Waals surface area contributed by atoms with Crippen molar-refractivity contribution in [1.29, 1.82) is 0 Å². The van der Waals surface area contributed by atoms with Gasteiger partial charge < -0.3 is 5.84 Å². The Hall–Kier alpha value is -2.28. The second kappa shape index (κ2) is 5.61. The van der Waals surface area contributed by atoms with Gasteiger partial charge in [0.25, 0.3) is 0 Å². The molecule has 7 heteroatoms. The number of nitrogen functional groups attached to an aromatic ring is 1. The summed E-state index contributed by atoms with van der Waals surface area (Å²) in [6.45, 7) is 4.01. The van der Waals surface area contributed by atoms with Gasteiger partial charge in [-0.1, -0.05) is 41.6 Å². The molecule has 0 radical (unpaired) electrons. The molecule has 0 spiro atoms. The smallest absolute Gasteiger partial charge is 0.210 e. The Morgan fingerprint density at radius 1 is 1.19 bits per heavy atom. The third kappa shape index (κ3) is 2.92. The highest BCUT2D eigenvalue weighted by Crippen LogP contribution is 2.23. The van der Waals surface area contributed by atoms with Gasteiger partial charge in [0, 0.05) is 11.4 Å². The van der Waals surface area contributed by atoms with Gasteiger partial charge in [-0.3, -0.25) is 5.10 Å². The fourth-order valence-corrected chi connectivity index (χ4v) is 2.73. The van der Waals surface area contributed by atoms with Crippen LogP contribution in [-0.4, -0.2) is 25.1 Å². The lowest BCUT2D eigenvalue weighted by atomic mass is 10.2. The Kier molecular flexibility index (Phi) is 3.66. The van der Waals surface area contributed by atoms with Crippen LogP contribution in [0.4, 0.5) is 0 Å². The summed E-state index contributed by atoms with van der Waals surface area (Å²) in [6.07, 6.45) is 0. The average molecular weight is 300 g/mol. The van der Waals surface area contributed by atoms with E-state index >= 15 is 0 Å². The van der Waals surface area contributed by atoms with Crippen molar-refractivity contribution >= 4 is 11.8 Å². The molecule has 21 heavy (non-hydrogen) atoms. The van der Waals surface area contributed by atoms with Gasteiger partial charge in [-0.25, -0.2) is 4.68 Å². The lowest BCUT2D eigenvalue weighted by molar-refractivity contribution is 0.847. The zero-order valence-electron chi connectivity index (χ0n) is 11.9. The number of benzene rings is 1. The van der Waals surface area contributed by atoms with Crippen molar-refractivity contribution in [3.63, 3.8) is 0 Å². The number of nitrogens with one attached hydrogen (secondary N) is 1. The molecule has 0 fully saturated rings. The molecule has 2 heterocycles. The minimum absolute atomic E-state index is 0.561. The summed E-state index contributed by atoms with van der Waals surface area (Å²) < 4.78 is 1.48. The van der Waals surface area contributed by atoms with Gasteiger partial charge >= 0.3 is 0 Å². The molecule has 0 saturated heterocycles. The summed E-state index contributed by atoms with van der Waals surface area (Å²) in [5, 5.41) is 15.9. The first-order valence-electron chi connectivity index (χ1n) is 6.54. The van der Waals surface area contributed by atoms with Gasteiger partial charge in [0.15, 0.2) is 0 Å². The lowest BCUT2D eigenvalue weighted by Gasteiger charge is -2.03. The molecule has 0 bridgehead atoms. The van der Waals surface area contributed by atoms with E-state index in [0.29, 0.717) is 16.7 Å². The number of nitrogens with zero attached hydrogens (tertiary/aromatic N) is 4. The standard InChI is InChI=1S/C14H16N6S/c1-9-3-5-11(6-4-9)8-21-14-19-18-13(20(14)15)12-7-10(2)16-17-12/h3-7H,8,15H2,1-2H3,(H,16,17). The molecule has 3 aromatic rings. The van der Waals surface area contributed by atoms with Crippen LogP contribution in [0.25, 0.3) is 11.5 Å². The second-order valence-electron chi connectivity index (χ2n) is 4.89. The first-order valence-corrected chi connectivity index (χ1v) is 7.53. The Labute approximate surface area is 126 Å². The van der Waals surface area contributed by atoms with Crippen molar-refractivity contribution in [2.75, 3.05) is 5.84 Å². The van der Waals surface area contributed by atoms with E-state index in [0.717, 1.165) is 11.4 Å². The molecule has 6 nitrogen and oxygen atoms in total. The zero-order chi connectivity index (χ0) is 14.8. The number of H-pyrrole nitrogens is 1. The summed E-state index contributed by atoms with van der Waals surface area (Å²) in [7, 11) is 0. The number of hydrogen-bond acceptors (Lipinski definition) is 5. The van der Waals surface area contributed by atoms with E-state index in [1.165, 1.54) is 15.8 Å². The highest BCUT2D eigenvalue weighted by molar-refractivity contribution is 7.98. The Morgan fingerprint density at radius 2 is 1.95 bits per heavy atom. The number of nitrogens with two attached hydrogens (primary N) is 1. The first-order chi connectivity index (χ1) is 10.1. The molecule has 0 aliphatic rings. The highest BCUT2D eigenvalue weighted by atomic mass is 32.2. The van der Waals surface area contributed by atoms with E-state index in [-0.39, 0.29) is 0 Å². The number of aromatic amines is 1. The van der Waals surface area contributed by atoms with E-state index < -0.39 is 0 Å². The summed E-state index contributed by atoms with van der Waals surface area (Å²) in [5.41, 5.74) is 4.14. The van der Waals surface area contributed by atoms with Crippen molar-refractivity contribution < 1.29 is 0 Å². The van der Waals surface area contributed by atoms with Crippen LogP contribution < -0.4 is 5.84 Å². The lowest BCUT2D eigenvalue weighted by Crippen LogP contribution is -2.11. The Morgan fingerprint density at radius 3 is 2.62 bits per heavy atom. The van der Waals surface area contributed by atoms with Crippen molar-refractivity contribution in [3.8, 4) is 11.5 Å². The molecule has 0 saturated carbocycles. The molecule has 3 rings (SSSR count). The topological polar surface area (TPSA) is 85.4 Å². The normalized spacial score (nSPS) is 11.0. The maximum absolute atomic E-state index is 6.05. The third-order valence-corrected chi connectivity index (χ3v) is 4.10. The number of aryl methyl sites for hydroxylation is 2. The summed E-state index contributed by atoms with van der Waals surface area (Å²) >= 11 is 1.55. The van der Waals surface area contributed by atoms with Crippen molar-refractivity contribution in [2.45, 2.75) is 24.8 Å². The van der Waals surface area contributed by atoms with Crippen LogP contribution in [0.1, 0.15) is 16.8 Å². The van der Waals surface area contributed by atoms with Gasteiger partial charge in [0.2, 0.25) is 11.0 Å². The van der Waals surface area contributed by atoms with Crippen LogP contribution in [0, 0.1) is 13.8 Å². The molecule has 108 valence electrons.